The Labute approximate surface area is 194 Å². The molecule has 0 radical (unpaired) electrons. The Morgan fingerprint density at radius 1 is 0.476 bits per heavy atom. The van der Waals surface area contributed by atoms with Gasteiger partial charge in [0, 0.05) is 45.6 Å². The van der Waals surface area contributed by atoms with Crippen LogP contribution in [0.25, 0.3) is 0 Å². The summed E-state index contributed by atoms with van der Waals surface area (Å²) in [5, 5.41) is 0. The molecule has 0 unspecified atom stereocenters. The van der Waals surface area contributed by atoms with E-state index < -0.39 is 0 Å². The van der Waals surface area contributed by atoms with E-state index in [1.54, 1.807) is 11.8 Å². The Kier molecular flexibility index (Phi) is 7.92. The average molecular weight is 817 g/mol. The molecule has 0 saturated heterocycles. The molecule has 0 heterocycles. The summed E-state index contributed by atoms with van der Waals surface area (Å²) < 4.78 is 7.91. The van der Waals surface area contributed by atoms with E-state index in [1.807, 2.05) is 0 Å². The fourth-order valence-corrected chi connectivity index (χ4v) is 7.42. The molecular formula is C12H2Br8S. The summed E-state index contributed by atoms with van der Waals surface area (Å²) in [6.45, 7) is 0. The highest BCUT2D eigenvalue weighted by Gasteiger charge is 2.17. The summed E-state index contributed by atoms with van der Waals surface area (Å²) >= 11 is 30.3. The van der Waals surface area contributed by atoms with Gasteiger partial charge in [0.2, 0.25) is 0 Å². The number of hydrogen-bond donors (Lipinski definition) is 0. The van der Waals surface area contributed by atoms with Gasteiger partial charge in [-0.1, -0.05) is 11.8 Å². The first-order valence-corrected chi connectivity index (χ1v) is 12.2. The highest BCUT2D eigenvalue weighted by atomic mass is 79.9. The first-order valence-electron chi connectivity index (χ1n) is 5.07. The summed E-state index contributed by atoms with van der Waals surface area (Å²) in [5.74, 6) is 0. The van der Waals surface area contributed by atoms with Crippen molar-refractivity contribution >= 4 is 139 Å². The Bertz CT molecular complexity index is 667. The molecule has 0 aliphatic carbocycles. The molecule has 2 rings (SSSR count). The van der Waals surface area contributed by atoms with Crippen LogP contribution < -0.4 is 0 Å². The minimum Gasteiger partial charge on any atom is -0.0876 e. The Morgan fingerprint density at radius 2 is 0.810 bits per heavy atom. The second kappa shape index (κ2) is 8.34. The van der Waals surface area contributed by atoms with Gasteiger partial charge in [-0.25, -0.2) is 0 Å². The van der Waals surface area contributed by atoms with E-state index >= 15 is 0 Å². The van der Waals surface area contributed by atoms with Gasteiger partial charge in [-0.15, -0.1) is 0 Å². The van der Waals surface area contributed by atoms with E-state index in [-0.39, 0.29) is 0 Å². The van der Waals surface area contributed by atoms with Gasteiger partial charge < -0.3 is 0 Å². The number of hydrogen-bond acceptors (Lipinski definition) is 1. The Morgan fingerprint density at radius 3 is 1.14 bits per heavy atom. The van der Waals surface area contributed by atoms with Crippen LogP contribution in [0.2, 0.25) is 0 Å². The Balaban J connectivity index is 2.54. The van der Waals surface area contributed by atoms with Crippen molar-refractivity contribution in [3.05, 3.63) is 47.9 Å². The van der Waals surface area contributed by atoms with Crippen molar-refractivity contribution in [3.63, 3.8) is 0 Å². The SMILES string of the molecule is Brc1cc(Sc2cc(Br)c(Br)c(Br)c2Br)c(Br)c(Br)c1Br. The maximum atomic E-state index is 3.63. The van der Waals surface area contributed by atoms with E-state index in [0.717, 1.165) is 45.6 Å². The molecule has 21 heavy (non-hydrogen) atoms. The maximum Gasteiger partial charge on any atom is 0.0482 e. The molecule has 0 atom stereocenters. The van der Waals surface area contributed by atoms with Crippen LogP contribution in [0.5, 0.6) is 0 Å². The lowest BCUT2D eigenvalue weighted by molar-refractivity contribution is 1.28. The first-order chi connectivity index (χ1) is 9.73. The second-order valence-corrected chi connectivity index (χ2v) is 11.2. The molecule has 0 bridgehead atoms. The molecule has 0 aliphatic rings. The van der Waals surface area contributed by atoms with Crippen molar-refractivity contribution in [2.75, 3.05) is 0 Å². The molecule has 0 aromatic heterocycles. The van der Waals surface area contributed by atoms with Crippen LogP contribution in [0.4, 0.5) is 0 Å². The molecule has 0 fully saturated rings. The van der Waals surface area contributed by atoms with Crippen molar-refractivity contribution in [1.29, 1.82) is 0 Å². The summed E-state index contributed by atoms with van der Waals surface area (Å²) in [6, 6.07) is 4.14. The predicted molar refractivity (Wildman–Crippen MR) is 119 cm³/mol. The van der Waals surface area contributed by atoms with Crippen molar-refractivity contribution in [3.8, 4) is 0 Å². The molecule has 9 heteroatoms. The quantitative estimate of drug-likeness (QED) is 0.215. The third-order valence-corrected chi connectivity index (χ3v) is 13.3. The average Bonchev–Trinajstić information content (AvgIpc) is 2.45. The van der Waals surface area contributed by atoms with E-state index in [2.05, 4.69) is 140 Å². The smallest absolute Gasteiger partial charge is 0.0482 e. The van der Waals surface area contributed by atoms with Crippen molar-refractivity contribution in [2.24, 2.45) is 0 Å². The fourth-order valence-electron chi connectivity index (χ4n) is 1.37. The van der Waals surface area contributed by atoms with Crippen LogP contribution in [0.3, 0.4) is 0 Å². The Hall–Kier alpha value is 2.63. The van der Waals surface area contributed by atoms with Gasteiger partial charge in [-0.2, -0.15) is 0 Å². The van der Waals surface area contributed by atoms with Crippen molar-refractivity contribution in [1.82, 2.24) is 0 Å². The zero-order valence-electron chi connectivity index (χ0n) is 9.59. The van der Waals surface area contributed by atoms with E-state index in [9.17, 15) is 0 Å². The largest absolute Gasteiger partial charge is 0.0876 e. The molecule has 112 valence electrons. The lowest BCUT2D eigenvalue weighted by Gasteiger charge is -2.13. The fraction of sp³-hybridized carbons (Fsp3) is 0. The van der Waals surface area contributed by atoms with E-state index in [1.165, 1.54) is 0 Å². The van der Waals surface area contributed by atoms with Gasteiger partial charge in [0.05, 0.1) is 0 Å². The molecule has 2 aromatic carbocycles. The molecule has 0 aliphatic heterocycles. The highest BCUT2D eigenvalue weighted by Crippen LogP contribution is 2.48. The molecule has 0 spiro atoms. The van der Waals surface area contributed by atoms with Gasteiger partial charge in [-0.3, -0.25) is 0 Å². The zero-order valence-corrected chi connectivity index (χ0v) is 23.1. The first kappa shape index (κ1) is 19.9. The summed E-state index contributed by atoms with van der Waals surface area (Å²) in [5.41, 5.74) is 0. The molecule has 0 amide bonds. The van der Waals surface area contributed by atoms with Crippen LogP contribution in [0.15, 0.2) is 57.7 Å². The predicted octanol–water partition coefficient (Wildman–Crippen LogP) is 9.94. The number of rotatable bonds is 2. The van der Waals surface area contributed by atoms with Crippen LogP contribution in [-0.2, 0) is 0 Å². The van der Waals surface area contributed by atoms with Crippen LogP contribution in [0, 0.1) is 0 Å². The highest BCUT2D eigenvalue weighted by molar-refractivity contribution is 9.15. The van der Waals surface area contributed by atoms with Crippen molar-refractivity contribution < 1.29 is 0 Å². The lowest BCUT2D eigenvalue weighted by atomic mass is 10.4. The molecular weight excluding hydrogens is 815 g/mol. The standard InChI is InChI=1S/C12H2Br8S/c13-3-1-5(9(17)11(19)7(3)15)21-6-2-4(14)8(16)12(20)10(6)18/h1-2H. The van der Waals surface area contributed by atoms with Gasteiger partial charge in [0.15, 0.2) is 0 Å². The zero-order chi connectivity index (χ0) is 15.9. The molecule has 0 saturated carbocycles. The summed E-state index contributed by atoms with van der Waals surface area (Å²) in [4.78, 5) is 2.19. The lowest BCUT2D eigenvalue weighted by Crippen LogP contribution is -1.85. The van der Waals surface area contributed by atoms with Gasteiger partial charge in [-0.05, 0) is 140 Å². The minimum atomic E-state index is 0.978. The minimum absolute atomic E-state index is 0.978. The normalized spacial score (nSPS) is 11.0. The molecule has 2 aromatic rings. The second-order valence-electron chi connectivity index (χ2n) is 3.70. The summed E-state index contributed by atoms with van der Waals surface area (Å²) in [7, 11) is 0. The third-order valence-electron chi connectivity index (χ3n) is 2.36. The number of halogens is 8. The number of benzene rings is 2. The molecule has 0 nitrogen and oxygen atoms in total. The van der Waals surface area contributed by atoms with Crippen LogP contribution in [-0.4, -0.2) is 0 Å². The topological polar surface area (TPSA) is 0 Å². The van der Waals surface area contributed by atoms with E-state index in [4.69, 9.17) is 0 Å². The van der Waals surface area contributed by atoms with Crippen LogP contribution in [0.1, 0.15) is 0 Å². The van der Waals surface area contributed by atoms with E-state index in [0.29, 0.717) is 0 Å². The van der Waals surface area contributed by atoms with Gasteiger partial charge >= 0.3 is 0 Å². The monoisotopic (exact) mass is 809 g/mol. The third kappa shape index (κ3) is 4.43. The van der Waals surface area contributed by atoms with Crippen molar-refractivity contribution in [2.45, 2.75) is 9.79 Å². The van der Waals surface area contributed by atoms with Crippen LogP contribution >= 0.6 is 139 Å². The maximum absolute atomic E-state index is 3.63. The van der Waals surface area contributed by atoms with Gasteiger partial charge in [0.1, 0.15) is 0 Å². The summed E-state index contributed by atoms with van der Waals surface area (Å²) in [6.07, 6.45) is 0. The van der Waals surface area contributed by atoms with Gasteiger partial charge in [0.25, 0.3) is 0 Å². The molecule has 0 N–H and O–H groups in total.